The van der Waals surface area contributed by atoms with E-state index in [-0.39, 0.29) is 6.42 Å². The van der Waals surface area contributed by atoms with Gasteiger partial charge >= 0.3 is 0 Å². The highest BCUT2D eigenvalue weighted by atomic mass is 19.1. The zero-order chi connectivity index (χ0) is 18.2. The van der Waals surface area contributed by atoms with Crippen LogP contribution in [0.5, 0.6) is 11.6 Å². The maximum Gasteiger partial charge on any atom is 0.221 e. The maximum atomic E-state index is 14.5. The van der Waals surface area contributed by atoms with E-state index in [0.29, 0.717) is 41.5 Å². The Kier molecular flexibility index (Phi) is 6.74. The molecule has 0 radical (unpaired) electrons. The first-order valence-electron chi connectivity index (χ1n) is 8.37. The van der Waals surface area contributed by atoms with E-state index in [2.05, 4.69) is 11.9 Å². The lowest BCUT2D eigenvalue weighted by Crippen LogP contribution is -2.13. The lowest BCUT2D eigenvalue weighted by Gasteiger charge is -2.13. The van der Waals surface area contributed by atoms with Crippen LogP contribution in [0.1, 0.15) is 32.3 Å². The molecule has 0 saturated heterocycles. The number of amides is 1. The van der Waals surface area contributed by atoms with Gasteiger partial charge in [-0.2, -0.15) is 0 Å². The van der Waals surface area contributed by atoms with Gasteiger partial charge in [-0.05, 0) is 25.0 Å². The average molecular weight is 346 g/mol. The number of nitrogens with two attached hydrogens (primary N) is 1. The van der Waals surface area contributed by atoms with Crippen LogP contribution in [0, 0.1) is 5.82 Å². The molecule has 1 amide bonds. The van der Waals surface area contributed by atoms with Crippen LogP contribution >= 0.6 is 0 Å². The number of aromatic nitrogens is 1. The normalized spacial score (nSPS) is 10.5. The molecule has 0 atom stereocenters. The van der Waals surface area contributed by atoms with Gasteiger partial charge in [0.15, 0.2) is 0 Å². The SMILES string of the molecule is CCCCOc1cc(OCC)c(-c2ccc(CC(N)=O)cc2F)cn1. The van der Waals surface area contributed by atoms with Crippen LogP contribution in [0.4, 0.5) is 4.39 Å². The van der Waals surface area contributed by atoms with Gasteiger partial charge in [0.05, 0.1) is 19.6 Å². The first-order valence-corrected chi connectivity index (χ1v) is 8.37. The third kappa shape index (κ3) is 5.17. The average Bonchev–Trinajstić information content (AvgIpc) is 2.56. The van der Waals surface area contributed by atoms with E-state index in [4.69, 9.17) is 15.2 Å². The van der Waals surface area contributed by atoms with Crippen molar-refractivity contribution in [1.29, 1.82) is 0 Å². The summed E-state index contributed by atoms with van der Waals surface area (Å²) in [7, 11) is 0. The van der Waals surface area contributed by atoms with Crippen LogP contribution in [0.3, 0.4) is 0 Å². The summed E-state index contributed by atoms with van der Waals surface area (Å²) in [5, 5.41) is 0. The number of benzene rings is 1. The van der Waals surface area contributed by atoms with E-state index in [1.807, 2.05) is 6.92 Å². The molecule has 0 spiro atoms. The molecule has 0 fully saturated rings. The fraction of sp³-hybridized carbons (Fsp3) is 0.368. The molecule has 2 rings (SSSR count). The van der Waals surface area contributed by atoms with Crippen LogP contribution < -0.4 is 15.2 Å². The number of carbonyl (C=O) groups is 1. The minimum absolute atomic E-state index is 0.00201. The van der Waals surface area contributed by atoms with Crippen molar-refractivity contribution < 1.29 is 18.7 Å². The zero-order valence-corrected chi connectivity index (χ0v) is 14.5. The first-order chi connectivity index (χ1) is 12.0. The summed E-state index contributed by atoms with van der Waals surface area (Å²) in [6, 6.07) is 6.25. The predicted octanol–water partition coefficient (Wildman–Crippen LogP) is 3.49. The number of nitrogens with zero attached hydrogens (tertiary/aromatic N) is 1. The molecule has 0 aliphatic heterocycles. The minimum Gasteiger partial charge on any atom is -0.493 e. The van der Waals surface area contributed by atoms with Crippen molar-refractivity contribution in [3.63, 3.8) is 0 Å². The van der Waals surface area contributed by atoms with Gasteiger partial charge in [0.25, 0.3) is 0 Å². The minimum atomic E-state index is -0.502. The van der Waals surface area contributed by atoms with Gasteiger partial charge in [0.1, 0.15) is 11.6 Å². The molecule has 0 aliphatic carbocycles. The third-order valence-corrected chi connectivity index (χ3v) is 3.59. The highest BCUT2D eigenvalue weighted by Gasteiger charge is 2.14. The smallest absolute Gasteiger partial charge is 0.221 e. The third-order valence-electron chi connectivity index (χ3n) is 3.59. The summed E-state index contributed by atoms with van der Waals surface area (Å²) in [5.74, 6) is -0.00415. The largest absolute Gasteiger partial charge is 0.493 e. The van der Waals surface area contributed by atoms with Gasteiger partial charge in [0, 0.05) is 23.4 Å². The molecular weight excluding hydrogens is 323 g/mol. The van der Waals surface area contributed by atoms with E-state index < -0.39 is 11.7 Å². The molecule has 0 bridgehead atoms. The van der Waals surface area contributed by atoms with E-state index in [1.165, 1.54) is 6.07 Å². The standard InChI is InChI=1S/C19H23FN2O3/c1-3-5-8-25-19-11-17(24-4-2)15(12-22-19)14-7-6-13(9-16(14)20)10-18(21)23/h6-7,9,11-12H,3-5,8,10H2,1-2H3,(H2,21,23). The molecule has 25 heavy (non-hydrogen) atoms. The topological polar surface area (TPSA) is 74.4 Å². The number of halogens is 1. The molecule has 1 aromatic carbocycles. The quantitative estimate of drug-likeness (QED) is 0.705. The Balaban J connectivity index is 2.32. The Morgan fingerprint density at radius 3 is 2.64 bits per heavy atom. The summed E-state index contributed by atoms with van der Waals surface area (Å²) in [5.41, 5.74) is 6.56. The number of unbranched alkanes of at least 4 members (excludes halogenated alkanes) is 1. The molecule has 1 heterocycles. The number of carbonyl (C=O) groups excluding carboxylic acids is 1. The molecular formula is C19H23FN2O3. The number of hydrogen-bond donors (Lipinski definition) is 1. The summed E-state index contributed by atoms with van der Waals surface area (Å²) in [4.78, 5) is 15.2. The molecule has 2 N–H and O–H groups in total. The number of primary amides is 1. The zero-order valence-electron chi connectivity index (χ0n) is 14.5. The molecule has 0 aliphatic rings. The van der Waals surface area contributed by atoms with Gasteiger partial charge in [-0.3, -0.25) is 4.79 Å². The van der Waals surface area contributed by atoms with Gasteiger partial charge < -0.3 is 15.2 Å². The van der Waals surface area contributed by atoms with E-state index >= 15 is 0 Å². The van der Waals surface area contributed by atoms with Crippen LogP contribution in [0.25, 0.3) is 11.1 Å². The fourth-order valence-corrected chi connectivity index (χ4v) is 2.38. The van der Waals surface area contributed by atoms with Gasteiger partial charge in [0.2, 0.25) is 11.8 Å². The Morgan fingerprint density at radius 1 is 1.20 bits per heavy atom. The summed E-state index contributed by atoms with van der Waals surface area (Å²) >= 11 is 0. The predicted molar refractivity (Wildman–Crippen MR) is 94.1 cm³/mol. The molecule has 134 valence electrons. The van der Waals surface area contributed by atoms with Gasteiger partial charge in [-0.15, -0.1) is 0 Å². The van der Waals surface area contributed by atoms with Crippen LogP contribution in [-0.4, -0.2) is 24.1 Å². The molecule has 0 saturated carbocycles. The van der Waals surface area contributed by atoms with E-state index in [1.54, 1.807) is 24.4 Å². The number of hydrogen-bond acceptors (Lipinski definition) is 4. The lowest BCUT2D eigenvalue weighted by molar-refractivity contribution is -0.117. The lowest BCUT2D eigenvalue weighted by atomic mass is 10.0. The van der Waals surface area contributed by atoms with Crippen molar-refractivity contribution in [3.05, 3.63) is 41.8 Å². The molecule has 2 aromatic rings. The fourth-order valence-electron chi connectivity index (χ4n) is 2.38. The van der Waals surface area contributed by atoms with E-state index in [0.717, 1.165) is 12.8 Å². The highest BCUT2D eigenvalue weighted by molar-refractivity contribution is 5.77. The van der Waals surface area contributed by atoms with Crippen molar-refractivity contribution in [2.45, 2.75) is 33.1 Å². The second kappa shape index (κ2) is 9.01. The molecule has 6 heteroatoms. The summed E-state index contributed by atoms with van der Waals surface area (Å²) in [6.07, 6.45) is 3.50. The monoisotopic (exact) mass is 346 g/mol. The Labute approximate surface area is 147 Å². The van der Waals surface area contributed by atoms with Crippen LogP contribution in [-0.2, 0) is 11.2 Å². The molecule has 0 unspecified atom stereocenters. The Bertz CT molecular complexity index is 735. The van der Waals surface area contributed by atoms with Crippen molar-refractivity contribution >= 4 is 5.91 Å². The second-order valence-corrected chi connectivity index (χ2v) is 5.61. The van der Waals surface area contributed by atoms with Crippen molar-refractivity contribution in [2.75, 3.05) is 13.2 Å². The van der Waals surface area contributed by atoms with Crippen molar-refractivity contribution in [1.82, 2.24) is 4.98 Å². The van der Waals surface area contributed by atoms with Crippen LogP contribution in [0.2, 0.25) is 0 Å². The van der Waals surface area contributed by atoms with Gasteiger partial charge in [-0.25, -0.2) is 9.37 Å². The van der Waals surface area contributed by atoms with E-state index in [9.17, 15) is 9.18 Å². The first kappa shape index (κ1) is 18.7. The number of rotatable bonds is 9. The Morgan fingerprint density at radius 2 is 2.00 bits per heavy atom. The summed E-state index contributed by atoms with van der Waals surface area (Å²) in [6.45, 7) is 4.95. The van der Waals surface area contributed by atoms with Crippen LogP contribution in [0.15, 0.2) is 30.5 Å². The summed E-state index contributed by atoms with van der Waals surface area (Å²) < 4.78 is 25.7. The van der Waals surface area contributed by atoms with Gasteiger partial charge in [-0.1, -0.05) is 25.5 Å². The van der Waals surface area contributed by atoms with Crippen molar-refractivity contribution in [3.8, 4) is 22.8 Å². The Hall–Kier alpha value is -2.63. The second-order valence-electron chi connectivity index (χ2n) is 5.61. The molecule has 1 aromatic heterocycles. The number of pyridine rings is 1. The molecule has 5 nitrogen and oxygen atoms in total. The van der Waals surface area contributed by atoms with Crippen molar-refractivity contribution in [2.24, 2.45) is 5.73 Å². The highest BCUT2D eigenvalue weighted by Crippen LogP contribution is 2.34. The number of ether oxygens (including phenoxy) is 2. The maximum absolute atomic E-state index is 14.5.